The predicted molar refractivity (Wildman–Crippen MR) is 96.8 cm³/mol. The summed E-state index contributed by atoms with van der Waals surface area (Å²) in [5, 5.41) is 4.69. The number of amides is 1. The molecule has 1 aliphatic rings. The Balaban J connectivity index is 2.09. The first-order valence-corrected chi connectivity index (χ1v) is 8.15. The molecule has 5 nitrogen and oxygen atoms in total. The summed E-state index contributed by atoms with van der Waals surface area (Å²) in [4.78, 5) is 22.4. The first kappa shape index (κ1) is 18.1. The molecule has 0 bridgehead atoms. The van der Waals surface area contributed by atoms with Crippen molar-refractivity contribution in [3.63, 3.8) is 0 Å². The average Bonchev–Trinajstić information content (AvgIpc) is 2.81. The summed E-state index contributed by atoms with van der Waals surface area (Å²) in [7, 11) is 1.61. The van der Waals surface area contributed by atoms with Crippen molar-refractivity contribution in [1.82, 2.24) is 10.4 Å². The summed E-state index contributed by atoms with van der Waals surface area (Å²) >= 11 is 0. The lowest BCUT2D eigenvalue weighted by molar-refractivity contribution is -0.171. The first-order chi connectivity index (χ1) is 11.7. The summed E-state index contributed by atoms with van der Waals surface area (Å²) in [6.45, 7) is 6.66. The topological polar surface area (TPSA) is 53.9 Å². The van der Waals surface area contributed by atoms with Crippen molar-refractivity contribution >= 4 is 11.6 Å². The molecule has 1 aliphatic heterocycles. The molecule has 0 spiro atoms. The minimum absolute atomic E-state index is 0.0661. The molecular weight excluding hydrogens is 302 g/mol. The molecule has 0 radical (unpaired) electrons. The monoisotopic (exact) mass is 327 g/mol. The van der Waals surface area contributed by atoms with E-state index in [9.17, 15) is 4.79 Å². The van der Waals surface area contributed by atoms with Gasteiger partial charge in [0.05, 0.1) is 19.4 Å². The van der Waals surface area contributed by atoms with Crippen LogP contribution in [-0.4, -0.2) is 42.9 Å². The number of carbonyl (C=O) groups is 1. The van der Waals surface area contributed by atoms with Crippen molar-refractivity contribution in [3.8, 4) is 0 Å². The molecule has 0 unspecified atom stereocenters. The normalized spacial score (nSPS) is 18.9. The third-order valence-electron chi connectivity index (χ3n) is 4.09. The zero-order valence-electron chi connectivity index (χ0n) is 14.4. The quantitative estimate of drug-likeness (QED) is 0.816. The Hall–Kier alpha value is -2.24. The molecule has 0 fully saturated rings. The molecule has 24 heavy (non-hydrogen) atoms. The molecule has 0 aromatic heterocycles. The zero-order valence-corrected chi connectivity index (χ0v) is 14.4. The van der Waals surface area contributed by atoms with Crippen molar-refractivity contribution in [2.24, 2.45) is 4.99 Å². The van der Waals surface area contributed by atoms with Crippen LogP contribution in [0.5, 0.6) is 0 Å². The molecule has 0 saturated carbocycles. The van der Waals surface area contributed by atoms with Crippen LogP contribution in [0.4, 0.5) is 0 Å². The summed E-state index contributed by atoms with van der Waals surface area (Å²) in [5.41, 5.74) is 3.19. The Kier molecular flexibility index (Phi) is 6.90. The number of nitrogens with one attached hydrogen (secondary N) is 1. The number of benzene rings is 1. The maximum Gasteiger partial charge on any atom is 0.240 e. The SMILES string of the molecule is C=CC(CNC(=O)[C@@H]1Cc2ccccc2CCN1OC)=N/C=C\C. The fraction of sp³-hybridized carbons (Fsp3) is 0.368. The number of hydroxylamine groups is 2. The fourth-order valence-corrected chi connectivity index (χ4v) is 2.78. The van der Waals surface area contributed by atoms with E-state index in [-0.39, 0.29) is 11.9 Å². The first-order valence-electron chi connectivity index (χ1n) is 8.15. The maximum absolute atomic E-state index is 12.7. The van der Waals surface area contributed by atoms with Gasteiger partial charge >= 0.3 is 0 Å². The van der Waals surface area contributed by atoms with Crippen LogP contribution in [0.2, 0.25) is 0 Å². The zero-order chi connectivity index (χ0) is 17.4. The van der Waals surface area contributed by atoms with E-state index >= 15 is 0 Å². The molecular formula is C19H25N3O2. The molecule has 1 N–H and O–H groups in total. The van der Waals surface area contributed by atoms with E-state index in [2.05, 4.69) is 29.0 Å². The molecule has 2 rings (SSSR count). The molecule has 1 heterocycles. The van der Waals surface area contributed by atoms with Crippen molar-refractivity contribution in [3.05, 3.63) is 60.3 Å². The van der Waals surface area contributed by atoms with Crippen LogP contribution in [0.3, 0.4) is 0 Å². The highest BCUT2D eigenvalue weighted by Gasteiger charge is 2.29. The minimum atomic E-state index is -0.355. The number of rotatable bonds is 6. The van der Waals surface area contributed by atoms with E-state index < -0.39 is 0 Å². The smallest absolute Gasteiger partial charge is 0.240 e. The van der Waals surface area contributed by atoms with E-state index in [0.717, 1.165) is 12.1 Å². The lowest BCUT2D eigenvalue weighted by Gasteiger charge is -2.26. The standard InChI is InChI=1S/C19H25N3O2/c1-4-11-20-17(5-2)14-21-19(23)18-13-16-9-7-6-8-15(16)10-12-22(18)24-3/h4-9,11,18H,2,10,12-14H2,1,3H3,(H,21,23)/b11-4-,20-17?/t18-/m0/s1. The van der Waals surface area contributed by atoms with Crippen LogP contribution in [0.1, 0.15) is 18.1 Å². The maximum atomic E-state index is 12.7. The number of hydrogen-bond acceptors (Lipinski definition) is 4. The second-order valence-electron chi connectivity index (χ2n) is 5.59. The number of nitrogens with zero attached hydrogens (tertiary/aromatic N) is 2. The van der Waals surface area contributed by atoms with Gasteiger partial charge in [0.15, 0.2) is 0 Å². The van der Waals surface area contributed by atoms with Gasteiger partial charge in [0.25, 0.3) is 0 Å². The van der Waals surface area contributed by atoms with Gasteiger partial charge in [-0.2, -0.15) is 5.06 Å². The van der Waals surface area contributed by atoms with Gasteiger partial charge in [-0.1, -0.05) is 36.9 Å². The van der Waals surface area contributed by atoms with Crippen LogP contribution < -0.4 is 5.32 Å². The van der Waals surface area contributed by atoms with Crippen molar-refractivity contribution < 1.29 is 9.63 Å². The summed E-state index contributed by atoms with van der Waals surface area (Å²) in [5.74, 6) is -0.0661. The Morgan fingerprint density at radius 2 is 2.21 bits per heavy atom. The van der Waals surface area contributed by atoms with Crippen LogP contribution >= 0.6 is 0 Å². The molecule has 0 aliphatic carbocycles. The molecule has 5 heteroatoms. The van der Waals surface area contributed by atoms with Gasteiger partial charge in [0, 0.05) is 12.7 Å². The van der Waals surface area contributed by atoms with Gasteiger partial charge in [-0.25, -0.2) is 0 Å². The predicted octanol–water partition coefficient (Wildman–Crippen LogP) is 2.29. The summed E-state index contributed by atoms with van der Waals surface area (Å²) in [6.07, 6.45) is 6.67. The lowest BCUT2D eigenvalue weighted by Crippen LogP contribution is -2.48. The molecule has 128 valence electrons. The lowest BCUT2D eigenvalue weighted by atomic mass is 10.0. The van der Waals surface area contributed by atoms with Crippen LogP contribution in [0, 0.1) is 0 Å². The van der Waals surface area contributed by atoms with Gasteiger partial charge in [0.2, 0.25) is 5.91 Å². The highest BCUT2D eigenvalue weighted by Crippen LogP contribution is 2.20. The van der Waals surface area contributed by atoms with Gasteiger partial charge in [0.1, 0.15) is 6.04 Å². The van der Waals surface area contributed by atoms with Crippen LogP contribution in [0.25, 0.3) is 0 Å². The molecule has 1 aromatic rings. The number of aliphatic imine (C=N–C) groups is 1. The van der Waals surface area contributed by atoms with Crippen molar-refractivity contribution in [2.45, 2.75) is 25.8 Å². The van der Waals surface area contributed by atoms with Crippen LogP contribution in [-0.2, 0) is 22.5 Å². The summed E-state index contributed by atoms with van der Waals surface area (Å²) < 4.78 is 0. The Morgan fingerprint density at radius 3 is 2.88 bits per heavy atom. The van der Waals surface area contributed by atoms with E-state index in [0.29, 0.717) is 19.5 Å². The highest BCUT2D eigenvalue weighted by molar-refractivity contribution is 5.99. The van der Waals surface area contributed by atoms with Gasteiger partial charge < -0.3 is 10.2 Å². The van der Waals surface area contributed by atoms with Crippen LogP contribution in [0.15, 0.2) is 54.2 Å². The minimum Gasteiger partial charge on any atom is -0.349 e. The highest BCUT2D eigenvalue weighted by atomic mass is 16.7. The number of hydrogen-bond donors (Lipinski definition) is 1. The second-order valence-corrected chi connectivity index (χ2v) is 5.59. The summed E-state index contributed by atoms with van der Waals surface area (Å²) in [6, 6.07) is 7.88. The molecule has 1 atom stereocenters. The molecule has 1 aromatic carbocycles. The van der Waals surface area contributed by atoms with Crippen molar-refractivity contribution in [1.29, 1.82) is 0 Å². The number of allylic oxidation sites excluding steroid dienone is 1. The third-order valence-corrected chi connectivity index (χ3v) is 4.09. The largest absolute Gasteiger partial charge is 0.349 e. The Morgan fingerprint density at radius 1 is 1.46 bits per heavy atom. The van der Waals surface area contributed by atoms with Gasteiger partial charge in [-0.05, 0) is 37.0 Å². The fourth-order valence-electron chi connectivity index (χ4n) is 2.78. The van der Waals surface area contributed by atoms with E-state index in [1.165, 1.54) is 11.1 Å². The van der Waals surface area contributed by atoms with Gasteiger partial charge in [-0.3, -0.25) is 9.79 Å². The van der Waals surface area contributed by atoms with E-state index in [1.54, 1.807) is 24.4 Å². The van der Waals surface area contributed by atoms with Gasteiger partial charge in [-0.15, -0.1) is 0 Å². The van der Waals surface area contributed by atoms with E-state index in [4.69, 9.17) is 4.84 Å². The van der Waals surface area contributed by atoms with Crippen molar-refractivity contribution in [2.75, 3.05) is 20.2 Å². The Labute approximate surface area is 143 Å². The third kappa shape index (κ3) is 4.63. The number of carbonyl (C=O) groups excluding carboxylic acids is 1. The molecule has 1 amide bonds. The molecule has 0 saturated heterocycles. The second kappa shape index (κ2) is 9.15. The Bertz CT molecular complexity index is 637. The number of fused-ring (bicyclic) bond motifs is 1. The van der Waals surface area contributed by atoms with E-state index in [1.807, 2.05) is 25.1 Å². The average molecular weight is 327 g/mol.